The molecule has 0 aliphatic carbocycles. The highest BCUT2D eigenvalue weighted by Gasteiger charge is 2.35. The van der Waals surface area contributed by atoms with E-state index < -0.39 is 0 Å². The van der Waals surface area contributed by atoms with Crippen molar-refractivity contribution in [2.24, 2.45) is 0 Å². The molecule has 0 N–H and O–H groups in total. The molecule has 1 aliphatic heterocycles. The van der Waals surface area contributed by atoms with Crippen LogP contribution in [0.4, 0.5) is 4.79 Å². The Morgan fingerprint density at radius 2 is 1.45 bits per heavy atom. The topological polar surface area (TPSA) is 46.6 Å². The number of hydrogen-bond donors (Lipinski definition) is 0. The van der Waals surface area contributed by atoms with E-state index in [2.05, 4.69) is 31.2 Å². The number of ether oxygens (including phenoxy) is 1. The maximum Gasteiger partial charge on any atom is 0.293 e. The van der Waals surface area contributed by atoms with Crippen LogP contribution in [0.25, 0.3) is 27.6 Å². The zero-order valence-corrected chi connectivity index (χ0v) is 21.7. The van der Waals surface area contributed by atoms with Crippen molar-refractivity contribution in [3.63, 3.8) is 0 Å². The number of carbonyl (C=O) groups excluding carboxylic acids is 2. The largest absolute Gasteiger partial charge is 0.488 e. The van der Waals surface area contributed by atoms with E-state index in [0.29, 0.717) is 17.3 Å². The van der Waals surface area contributed by atoms with Gasteiger partial charge in [-0.3, -0.25) is 14.5 Å². The number of aryl methyl sites for hydroxylation is 1. The minimum absolute atomic E-state index is 0.232. The van der Waals surface area contributed by atoms with Gasteiger partial charge in [0.25, 0.3) is 11.1 Å². The zero-order valence-electron chi connectivity index (χ0n) is 20.9. The van der Waals surface area contributed by atoms with Crippen molar-refractivity contribution < 1.29 is 14.3 Å². The maximum atomic E-state index is 13.5. The van der Waals surface area contributed by atoms with Crippen LogP contribution in [0.1, 0.15) is 22.3 Å². The molecule has 0 spiro atoms. The van der Waals surface area contributed by atoms with Crippen LogP contribution in [0.5, 0.6) is 5.75 Å². The van der Waals surface area contributed by atoms with Gasteiger partial charge in [-0.25, -0.2) is 0 Å². The van der Waals surface area contributed by atoms with Crippen LogP contribution in [-0.4, -0.2) is 16.0 Å². The maximum absolute atomic E-state index is 13.5. The molecule has 1 heterocycles. The lowest BCUT2D eigenvalue weighted by molar-refractivity contribution is -0.123. The summed E-state index contributed by atoms with van der Waals surface area (Å²) in [7, 11) is 0. The highest BCUT2D eigenvalue weighted by Crippen LogP contribution is 2.38. The number of imide groups is 1. The van der Waals surface area contributed by atoms with E-state index in [0.717, 1.165) is 50.0 Å². The van der Waals surface area contributed by atoms with E-state index in [9.17, 15) is 9.59 Å². The number of thioether (sulfide) groups is 1. The first kappa shape index (κ1) is 24.0. The number of amides is 2. The van der Waals surface area contributed by atoms with Crippen molar-refractivity contribution in [3.05, 3.63) is 130 Å². The summed E-state index contributed by atoms with van der Waals surface area (Å²) in [6.07, 6.45) is 1.81. The summed E-state index contributed by atoms with van der Waals surface area (Å²) >= 11 is 0.978. The van der Waals surface area contributed by atoms with Crippen molar-refractivity contribution in [3.8, 4) is 5.75 Å². The molecule has 4 nitrogen and oxygen atoms in total. The second-order valence-electron chi connectivity index (χ2n) is 9.38. The Hall–Kier alpha value is -4.35. The first-order chi connectivity index (χ1) is 18.6. The van der Waals surface area contributed by atoms with E-state index in [1.54, 1.807) is 6.08 Å². The van der Waals surface area contributed by atoms with Crippen molar-refractivity contribution in [1.29, 1.82) is 0 Å². The van der Waals surface area contributed by atoms with Gasteiger partial charge in [0.1, 0.15) is 12.4 Å². The van der Waals surface area contributed by atoms with Crippen LogP contribution < -0.4 is 4.74 Å². The SMILES string of the molecule is Cc1ccc(COc2ccc3ccccc3c2/C=C2/SC(=O)N(Cc3cccc4ccccc34)C2=O)cc1. The molecule has 1 fully saturated rings. The van der Waals surface area contributed by atoms with Crippen LogP contribution >= 0.6 is 11.8 Å². The highest BCUT2D eigenvalue weighted by atomic mass is 32.2. The summed E-state index contributed by atoms with van der Waals surface area (Å²) in [6, 6.07) is 34.1. The monoisotopic (exact) mass is 515 g/mol. The third kappa shape index (κ3) is 4.69. The summed E-state index contributed by atoms with van der Waals surface area (Å²) in [4.78, 5) is 28.2. The van der Waals surface area contributed by atoms with Gasteiger partial charge in [0.15, 0.2) is 0 Å². The molecule has 5 heteroatoms. The van der Waals surface area contributed by atoms with Gasteiger partial charge in [-0.15, -0.1) is 0 Å². The number of benzene rings is 5. The van der Waals surface area contributed by atoms with E-state index in [1.807, 2.05) is 78.9 Å². The molecule has 1 aliphatic rings. The summed E-state index contributed by atoms with van der Waals surface area (Å²) < 4.78 is 6.25. The Morgan fingerprint density at radius 3 is 2.24 bits per heavy atom. The fraction of sp³-hybridized carbons (Fsp3) is 0.0909. The summed E-state index contributed by atoms with van der Waals surface area (Å²) in [6.45, 7) is 2.69. The van der Waals surface area contributed by atoms with E-state index in [4.69, 9.17) is 4.74 Å². The molecule has 5 aromatic carbocycles. The van der Waals surface area contributed by atoms with Crippen molar-refractivity contribution in [1.82, 2.24) is 4.90 Å². The van der Waals surface area contributed by atoms with Crippen LogP contribution in [-0.2, 0) is 17.9 Å². The Labute approximate surface area is 225 Å². The van der Waals surface area contributed by atoms with E-state index in [1.165, 1.54) is 10.5 Å². The average Bonchev–Trinajstić information content (AvgIpc) is 3.21. The normalized spacial score (nSPS) is 14.7. The minimum Gasteiger partial charge on any atom is -0.488 e. The third-order valence-electron chi connectivity index (χ3n) is 6.80. The fourth-order valence-electron chi connectivity index (χ4n) is 4.76. The molecule has 1 saturated heterocycles. The molecule has 2 amide bonds. The molecular weight excluding hydrogens is 490 g/mol. The molecule has 5 aromatic rings. The number of hydrogen-bond acceptors (Lipinski definition) is 4. The number of nitrogens with zero attached hydrogens (tertiary/aromatic N) is 1. The Bertz CT molecular complexity index is 1720. The predicted molar refractivity (Wildman–Crippen MR) is 155 cm³/mol. The van der Waals surface area contributed by atoms with Gasteiger partial charge in [0.2, 0.25) is 0 Å². The van der Waals surface area contributed by atoms with E-state index >= 15 is 0 Å². The minimum atomic E-state index is -0.287. The lowest BCUT2D eigenvalue weighted by atomic mass is 10.0. The fourth-order valence-corrected chi connectivity index (χ4v) is 5.58. The number of rotatable bonds is 6. The van der Waals surface area contributed by atoms with Crippen molar-refractivity contribution in [2.45, 2.75) is 20.1 Å². The second kappa shape index (κ2) is 10.2. The molecule has 186 valence electrons. The molecular formula is C33H25NO3S. The van der Waals surface area contributed by atoms with Crippen LogP contribution in [0, 0.1) is 6.92 Å². The molecule has 0 saturated carbocycles. The van der Waals surface area contributed by atoms with Crippen molar-refractivity contribution in [2.75, 3.05) is 0 Å². The van der Waals surface area contributed by atoms with Gasteiger partial charge in [0.05, 0.1) is 11.4 Å². The van der Waals surface area contributed by atoms with Gasteiger partial charge in [0, 0.05) is 5.56 Å². The highest BCUT2D eigenvalue weighted by molar-refractivity contribution is 8.18. The molecule has 38 heavy (non-hydrogen) atoms. The van der Waals surface area contributed by atoms with Gasteiger partial charge < -0.3 is 4.74 Å². The third-order valence-corrected chi connectivity index (χ3v) is 7.71. The molecule has 0 aromatic heterocycles. The predicted octanol–water partition coefficient (Wildman–Crippen LogP) is 8.12. The smallest absolute Gasteiger partial charge is 0.293 e. The zero-order chi connectivity index (χ0) is 26.1. The summed E-state index contributed by atoms with van der Waals surface area (Å²) in [5.41, 5.74) is 3.99. The summed E-state index contributed by atoms with van der Waals surface area (Å²) in [5.74, 6) is 0.385. The Balaban J connectivity index is 1.33. The van der Waals surface area contributed by atoms with Gasteiger partial charge in [-0.2, -0.15) is 0 Å². The lowest BCUT2D eigenvalue weighted by Gasteiger charge is -2.15. The quantitative estimate of drug-likeness (QED) is 0.214. The van der Waals surface area contributed by atoms with Crippen LogP contribution in [0.15, 0.2) is 108 Å². The van der Waals surface area contributed by atoms with Crippen LogP contribution in [0.3, 0.4) is 0 Å². The molecule has 6 rings (SSSR count). The molecule has 0 radical (unpaired) electrons. The lowest BCUT2D eigenvalue weighted by Crippen LogP contribution is -2.27. The number of fused-ring (bicyclic) bond motifs is 2. The van der Waals surface area contributed by atoms with Crippen molar-refractivity contribution >= 4 is 50.5 Å². The van der Waals surface area contributed by atoms with Crippen LogP contribution in [0.2, 0.25) is 0 Å². The Morgan fingerprint density at radius 1 is 0.763 bits per heavy atom. The first-order valence-electron chi connectivity index (χ1n) is 12.5. The average molecular weight is 516 g/mol. The second-order valence-corrected chi connectivity index (χ2v) is 10.4. The van der Waals surface area contributed by atoms with E-state index in [-0.39, 0.29) is 17.7 Å². The first-order valence-corrected chi connectivity index (χ1v) is 13.3. The molecule has 0 unspecified atom stereocenters. The standard InChI is InChI=1S/C33H25NO3S/c1-22-13-15-23(16-14-22)21-37-30-18-17-25-8-3-5-12-28(25)29(30)19-31-32(35)34(33(36)38-31)20-26-10-6-9-24-7-2-4-11-27(24)26/h2-19H,20-21H2,1H3/b31-19+. The van der Waals surface area contributed by atoms with Gasteiger partial charge in [-0.1, -0.05) is 103 Å². The Kier molecular flexibility index (Phi) is 6.44. The van der Waals surface area contributed by atoms with Gasteiger partial charge >= 0.3 is 0 Å². The summed E-state index contributed by atoms with van der Waals surface area (Å²) in [5, 5.41) is 3.86. The molecule has 0 bridgehead atoms. The molecule has 0 atom stereocenters. The van der Waals surface area contributed by atoms with Gasteiger partial charge in [-0.05, 0) is 63.5 Å². The number of carbonyl (C=O) groups is 2.